The van der Waals surface area contributed by atoms with Gasteiger partial charge < -0.3 is 19.7 Å². The molecule has 7 nitrogen and oxygen atoms in total. The molecule has 3 aromatic rings. The Morgan fingerprint density at radius 1 is 1.12 bits per heavy atom. The van der Waals surface area contributed by atoms with Crippen LogP contribution in [-0.2, 0) is 10.2 Å². The average Bonchev–Trinajstić information content (AvgIpc) is 3.28. The van der Waals surface area contributed by atoms with Crippen molar-refractivity contribution in [2.45, 2.75) is 58.4 Å². The lowest BCUT2D eigenvalue weighted by atomic mass is 9.71. The van der Waals surface area contributed by atoms with Gasteiger partial charge in [0.25, 0.3) is 5.91 Å². The Morgan fingerprint density at radius 3 is 2.51 bits per heavy atom. The number of carbonyl (C=O) groups excluding carboxylic acids is 1. The maximum atomic E-state index is 14.8. The fraction of sp³-hybridized carbons (Fsp3) is 0.438. The quantitative estimate of drug-likeness (QED) is 0.357. The number of carboxylic acids is 1. The van der Waals surface area contributed by atoms with Crippen LogP contribution in [0.5, 0.6) is 5.75 Å². The van der Waals surface area contributed by atoms with Gasteiger partial charge in [-0.3, -0.25) is 9.69 Å². The second kappa shape index (κ2) is 11.3. The number of fused-ring (bicyclic) bond motifs is 3. The number of ether oxygens (including phenoxy) is 1. The highest BCUT2D eigenvalue weighted by molar-refractivity contribution is 6.17. The van der Waals surface area contributed by atoms with Gasteiger partial charge in [0, 0.05) is 40.7 Å². The first-order valence-corrected chi connectivity index (χ1v) is 14.2. The third kappa shape index (κ3) is 5.35. The molecule has 0 saturated carbocycles. The van der Waals surface area contributed by atoms with Gasteiger partial charge in [0.05, 0.1) is 11.3 Å². The minimum atomic E-state index is -1.21. The van der Waals surface area contributed by atoms with Crippen molar-refractivity contribution in [1.82, 2.24) is 14.8 Å². The summed E-state index contributed by atoms with van der Waals surface area (Å²) in [7, 11) is 0. The summed E-state index contributed by atoms with van der Waals surface area (Å²) in [4.78, 5) is 33.6. The highest BCUT2D eigenvalue weighted by Gasteiger charge is 2.46. The van der Waals surface area contributed by atoms with Crippen molar-refractivity contribution < 1.29 is 28.2 Å². The van der Waals surface area contributed by atoms with Crippen molar-refractivity contribution in [2.24, 2.45) is 5.92 Å². The first kappa shape index (κ1) is 28.8. The molecule has 9 heteroatoms. The van der Waals surface area contributed by atoms with E-state index in [0.717, 1.165) is 48.5 Å². The maximum absolute atomic E-state index is 14.8. The van der Waals surface area contributed by atoms with Crippen LogP contribution in [0.4, 0.5) is 8.78 Å². The van der Waals surface area contributed by atoms with E-state index in [9.17, 15) is 23.5 Å². The molecule has 1 saturated heterocycles. The number of hydrogen-bond acceptors (Lipinski definition) is 4. The molecule has 0 radical (unpaired) electrons. The van der Waals surface area contributed by atoms with E-state index in [-0.39, 0.29) is 29.4 Å². The van der Waals surface area contributed by atoms with Gasteiger partial charge in [0.2, 0.25) is 5.82 Å². The molecule has 1 fully saturated rings. The van der Waals surface area contributed by atoms with Gasteiger partial charge in [-0.2, -0.15) is 4.39 Å². The molecular weight excluding hydrogens is 528 g/mol. The van der Waals surface area contributed by atoms with Crippen molar-refractivity contribution in [3.05, 3.63) is 71.1 Å². The Balaban J connectivity index is 1.55. The lowest BCUT2D eigenvalue weighted by Crippen LogP contribution is -2.50. The Labute approximate surface area is 238 Å². The molecule has 2 aliphatic heterocycles. The first-order valence-electron chi connectivity index (χ1n) is 14.2. The van der Waals surface area contributed by atoms with Gasteiger partial charge in [-0.15, -0.1) is 0 Å². The van der Waals surface area contributed by atoms with E-state index in [1.807, 2.05) is 52.0 Å². The SMILES string of the molecule is CC(C)C1N(C(=O)c2cc(F)c(F)c(OCCN3CCCCC3)c2)C=C(C(=O)O)c2[nH]c3ccccc3c2C1(C)C. The number of nitrogens with zero attached hydrogens (tertiary/aromatic N) is 2. The number of amides is 1. The van der Waals surface area contributed by atoms with Crippen LogP contribution in [0.1, 0.15) is 68.6 Å². The molecule has 5 rings (SSSR count). The van der Waals surface area contributed by atoms with E-state index in [2.05, 4.69) is 9.88 Å². The molecular formula is C32H37F2N3O4. The lowest BCUT2D eigenvalue weighted by Gasteiger charge is -2.42. The molecule has 1 unspecified atom stereocenters. The second-order valence-corrected chi connectivity index (χ2v) is 11.9. The molecule has 0 spiro atoms. The van der Waals surface area contributed by atoms with Crippen molar-refractivity contribution in [2.75, 3.05) is 26.2 Å². The molecule has 218 valence electrons. The van der Waals surface area contributed by atoms with Gasteiger partial charge in [-0.1, -0.05) is 52.3 Å². The fourth-order valence-corrected chi connectivity index (χ4v) is 6.70. The number of halogens is 2. The first-order chi connectivity index (χ1) is 19.5. The van der Waals surface area contributed by atoms with Crippen LogP contribution in [-0.4, -0.2) is 64.0 Å². The number of aromatic nitrogens is 1. The largest absolute Gasteiger partial charge is 0.489 e. The summed E-state index contributed by atoms with van der Waals surface area (Å²) in [6.07, 6.45) is 4.71. The summed E-state index contributed by atoms with van der Waals surface area (Å²) in [5.41, 5.74) is 1.10. The maximum Gasteiger partial charge on any atom is 0.339 e. The Hall–Kier alpha value is -3.72. The summed E-state index contributed by atoms with van der Waals surface area (Å²) >= 11 is 0. The number of benzene rings is 2. The number of aliphatic carboxylic acids is 1. The number of H-pyrrole nitrogens is 1. The number of likely N-dealkylation sites (tertiary alicyclic amines) is 1. The highest BCUT2D eigenvalue weighted by Crippen LogP contribution is 2.45. The summed E-state index contributed by atoms with van der Waals surface area (Å²) < 4.78 is 35.2. The number of hydrogen-bond donors (Lipinski definition) is 2. The highest BCUT2D eigenvalue weighted by atomic mass is 19.2. The number of aromatic amines is 1. The van der Waals surface area contributed by atoms with Crippen LogP contribution in [0.3, 0.4) is 0 Å². The van der Waals surface area contributed by atoms with Crippen LogP contribution in [0, 0.1) is 17.6 Å². The van der Waals surface area contributed by atoms with Crippen molar-refractivity contribution in [3.63, 3.8) is 0 Å². The predicted octanol–water partition coefficient (Wildman–Crippen LogP) is 6.19. The number of nitrogens with one attached hydrogen (secondary N) is 1. The van der Waals surface area contributed by atoms with Gasteiger partial charge in [-0.25, -0.2) is 9.18 Å². The van der Waals surface area contributed by atoms with Crippen LogP contribution in [0.25, 0.3) is 16.5 Å². The number of piperidine rings is 1. The van der Waals surface area contributed by atoms with Crippen LogP contribution >= 0.6 is 0 Å². The second-order valence-electron chi connectivity index (χ2n) is 11.9. The van der Waals surface area contributed by atoms with Crippen LogP contribution in [0.2, 0.25) is 0 Å². The van der Waals surface area contributed by atoms with Gasteiger partial charge in [0.15, 0.2) is 11.6 Å². The van der Waals surface area contributed by atoms with Crippen molar-refractivity contribution in [1.29, 1.82) is 0 Å². The zero-order chi connectivity index (χ0) is 29.5. The molecule has 2 aliphatic rings. The fourth-order valence-electron chi connectivity index (χ4n) is 6.70. The molecule has 2 N–H and O–H groups in total. The molecule has 1 atom stereocenters. The zero-order valence-electron chi connectivity index (χ0n) is 24.0. The summed E-state index contributed by atoms with van der Waals surface area (Å²) in [5, 5.41) is 11.1. The molecule has 2 aromatic carbocycles. The zero-order valence-corrected chi connectivity index (χ0v) is 24.0. The topological polar surface area (TPSA) is 85.9 Å². The number of carboxylic acid groups (broad SMARTS) is 1. The van der Waals surface area contributed by atoms with Gasteiger partial charge >= 0.3 is 5.97 Å². The minimum absolute atomic E-state index is 0.0821. The smallest absolute Gasteiger partial charge is 0.339 e. The van der Waals surface area contributed by atoms with E-state index in [0.29, 0.717) is 12.2 Å². The minimum Gasteiger partial charge on any atom is -0.489 e. The third-order valence-corrected chi connectivity index (χ3v) is 8.38. The number of rotatable bonds is 7. The summed E-state index contributed by atoms with van der Waals surface area (Å²) in [5.74, 6) is -4.64. The Morgan fingerprint density at radius 2 is 1.83 bits per heavy atom. The monoisotopic (exact) mass is 565 g/mol. The van der Waals surface area contributed by atoms with Gasteiger partial charge in [-0.05, 0) is 55.6 Å². The van der Waals surface area contributed by atoms with E-state index in [4.69, 9.17) is 4.74 Å². The number of para-hydroxylation sites is 1. The molecule has 3 heterocycles. The molecule has 0 bridgehead atoms. The molecule has 1 aromatic heterocycles. The van der Waals surface area contributed by atoms with E-state index < -0.39 is 35.0 Å². The van der Waals surface area contributed by atoms with Gasteiger partial charge in [0.1, 0.15) is 6.61 Å². The van der Waals surface area contributed by atoms with Crippen LogP contribution < -0.4 is 4.74 Å². The molecule has 41 heavy (non-hydrogen) atoms. The number of carbonyl (C=O) groups is 2. The van der Waals surface area contributed by atoms with E-state index >= 15 is 0 Å². The predicted molar refractivity (Wildman–Crippen MR) is 154 cm³/mol. The van der Waals surface area contributed by atoms with E-state index in [1.165, 1.54) is 23.6 Å². The Bertz CT molecular complexity index is 1500. The third-order valence-electron chi connectivity index (χ3n) is 8.38. The molecule has 1 amide bonds. The summed E-state index contributed by atoms with van der Waals surface area (Å²) in [6.45, 7) is 10.5. The normalized spacial score (nSPS) is 19.1. The standard InChI is InChI=1S/C32H37F2N3O4/c1-19(2)29-32(3,4)26-21-10-6-7-11-24(21)35-28(26)22(31(39)40)18-37(29)30(38)20-16-23(33)27(34)25(17-20)41-15-14-36-12-8-5-9-13-36/h6-7,10-11,16-19,29,35H,5,8-9,12-15H2,1-4H3,(H,39,40). The summed E-state index contributed by atoms with van der Waals surface area (Å²) in [6, 6.07) is 9.15. The van der Waals surface area contributed by atoms with Crippen molar-refractivity contribution >= 4 is 28.4 Å². The average molecular weight is 566 g/mol. The Kier molecular flexibility index (Phi) is 7.92. The van der Waals surface area contributed by atoms with Crippen molar-refractivity contribution in [3.8, 4) is 5.75 Å². The van der Waals surface area contributed by atoms with Crippen LogP contribution in [0.15, 0.2) is 42.6 Å². The molecule has 0 aliphatic carbocycles. The lowest BCUT2D eigenvalue weighted by molar-refractivity contribution is -0.130. The van der Waals surface area contributed by atoms with E-state index in [1.54, 1.807) is 0 Å².